The molecule has 5 rings (SSSR count). The number of carbonyl (C=O) groups excluding carboxylic acids is 1. The highest BCUT2D eigenvalue weighted by atomic mass is 16.7. The molecule has 32 heavy (non-hydrogen) atoms. The number of ether oxygens (including phenoxy) is 2. The molecule has 1 amide bonds. The maximum absolute atomic E-state index is 13.4. The zero-order valence-corrected chi connectivity index (χ0v) is 19.0. The molecule has 1 unspecified atom stereocenters. The third kappa shape index (κ3) is 3.96. The number of para-hydroxylation sites is 1. The van der Waals surface area contributed by atoms with E-state index in [0.717, 1.165) is 19.3 Å². The maximum Gasteiger partial charge on any atom is 0.223 e. The van der Waals surface area contributed by atoms with E-state index in [1.807, 2.05) is 4.90 Å². The Morgan fingerprint density at radius 2 is 1.81 bits per heavy atom. The van der Waals surface area contributed by atoms with Crippen molar-refractivity contribution in [3.63, 3.8) is 0 Å². The number of hydrogen-bond donors (Lipinski definition) is 1. The van der Waals surface area contributed by atoms with Gasteiger partial charge in [-0.05, 0) is 30.0 Å². The fourth-order valence-corrected chi connectivity index (χ4v) is 5.21. The molecule has 1 N–H and O–H groups in total. The maximum atomic E-state index is 13.4. The monoisotopic (exact) mass is 432 g/mol. The average molecular weight is 433 g/mol. The SMILES string of the molecule is CCc1cccc2c(C(CC(=O)N3CCC4(CC3)OCCO4)c3ccc(C)cc3)c[nH]c12. The summed E-state index contributed by atoms with van der Waals surface area (Å²) in [6.45, 7) is 6.96. The Balaban J connectivity index is 1.42. The number of aryl methyl sites for hydroxylation is 2. The first-order chi connectivity index (χ1) is 15.6. The van der Waals surface area contributed by atoms with Crippen molar-refractivity contribution in [3.8, 4) is 0 Å². The molecule has 1 spiro atoms. The zero-order chi connectivity index (χ0) is 22.1. The van der Waals surface area contributed by atoms with E-state index in [2.05, 4.69) is 67.5 Å². The number of rotatable bonds is 5. The van der Waals surface area contributed by atoms with Gasteiger partial charge in [0, 0.05) is 55.4 Å². The molecule has 5 heteroatoms. The summed E-state index contributed by atoms with van der Waals surface area (Å²) in [6, 6.07) is 15.1. The standard InChI is InChI=1S/C27H32N2O3/c1-3-20-5-4-6-22-24(18-28-26(20)22)23(21-9-7-19(2)8-10-21)17-25(30)29-13-11-27(12-14-29)31-15-16-32-27/h4-10,18,23,28H,3,11-17H2,1-2H3. The fourth-order valence-electron chi connectivity index (χ4n) is 5.21. The third-order valence-corrected chi connectivity index (χ3v) is 7.14. The molecular formula is C27H32N2O3. The smallest absolute Gasteiger partial charge is 0.223 e. The molecule has 5 nitrogen and oxygen atoms in total. The zero-order valence-electron chi connectivity index (χ0n) is 19.0. The van der Waals surface area contributed by atoms with Crippen LogP contribution in [0.1, 0.15) is 54.4 Å². The first-order valence-corrected chi connectivity index (χ1v) is 11.8. The highest BCUT2D eigenvalue weighted by molar-refractivity contribution is 5.88. The van der Waals surface area contributed by atoms with Crippen molar-refractivity contribution >= 4 is 16.8 Å². The Labute approximate surface area is 189 Å². The van der Waals surface area contributed by atoms with Gasteiger partial charge in [0.1, 0.15) is 0 Å². The number of hydrogen-bond acceptors (Lipinski definition) is 3. The second-order valence-electron chi connectivity index (χ2n) is 9.09. The highest BCUT2D eigenvalue weighted by Gasteiger charge is 2.41. The molecule has 2 aliphatic heterocycles. The number of benzene rings is 2. The van der Waals surface area contributed by atoms with Crippen LogP contribution in [0.3, 0.4) is 0 Å². The van der Waals surface area contributed by atoms with Crippen LogP contribution < -0.4 is 0 Å². The Kier molecular flexibility index (Phi) is 5.78. The second kappa shape index (κ2) is 8.72. The van der Waals surface area contributed by atoms with E-state index in [0.29, 0.717) is 32.7 Å². The molecule has 1 atom stereocenters. The van der Waals surface area contributed by atoms with E-state index in [9.17, 15) is 4.79 Å². The van der Waals surface area contributed by atoms with Crippen molar-refractivity contribution < 1.29 is 14.3 Å². The molecule has 0 aliphatic carbocycles. The summed E-state index contributed by atoms with van der Waals surface area (Å²) in [4.78, 5) is 18.9. The number of fused-ring (bicyclic) bond motifs is 1. The lowest BCUT2D eigenvalue weighted by molar-refractivity contribution is -0.187. The summed E-state index contributed by atoms with van der Waals surface area (Å²) in [5.41, 5.74) is 6.10. The molecule has 168 valence electrons. The third-order valence-electron chi connectivity index (χ3n) is 7.14. The Morgan fingerprint density at radius 3 is 2.50 bits per heavy atom. The molecule has 2 aliphatic rings. The summed E-state index contributed by atoms with van der Waals surface area (Å²) in [5, 5.41) is 1.22. The number of nitrogens with zero attached hydrogens (tertiary/aromatic N) is 1. The van der Waals surface area contributed by atoms with E-state index in [-0.39, 0.29) is 11.8 Å². The predicted octanol–water partition coefficient (Wildman–Crippen LogP) is 4.93. The van der Waals surface area contributed by atoms with Crippen molar-refractivity contribution in [2.75, 3.05) is 26.3 Å². The highest BCUT2D eigenvalue weighted by Crippen LogP contribution is 2.36. The van der Waals surface area contributed by atoms with Crippen molar-refractivity contribution in [2.45, 2.75) is 51.2 Å². The van der Waals surface area contributed by atoms with Crippen LogP contribution >= 0.6 is 0 Å². The van der Waals surface area contributed by atoms with E-state index in [1.54, 1.807) is 0 Å². The largest absolute Gasteiger partial charge is 0.361 e. The first kappa shape index (κ1) is 21.2. The van der Waals surface area contributed by atoms with Crippen molar-refractivity contribution in [1.82, 2.24) is 9.88 Å². The van der Waals surface area contributed by atoms with E-state index >= 15 is 0 Å². The molecule has 3 aromatic rings. The molecule has 1 aromatic heterocycles. The number of likely N-dealkylation sites (tertiary alicyclic amines) is 1. The number of carbonyl (C=O) groups is 1. The van der Waals surface area contributed by atoms with Gasteiger partial charge in [-0.3, -0.25) is 4.79 Å². The van der Waals surface area contributed by atoms with Gasteiger partial charge in [0.25, 0.3) is 0 Å². The molecule has 0 radical (unpaired) electrons. The van der Waals surface area contributed by atoms with Crippen LogP contribution in [0.15, 0.2) is 48.7 Å². The van der Waals surface area contributed by atoms with Crippen LogP contribution in [0.25, 0.3) is 10.9 Å². The topological polar surface area (TPSA) is 54.6 Å². The second-order valence-corrected chi connectivity index (χ2v) is 9.09. The number of H-pyrrole nitrogens is 1. The van der Waals surface area contributed by atoms with Gasteiger partial charge in [0.2, 0.25) is 5.91 Å². The molecule has 0 bridgehead atoms. The number of aromatic nitrogens is 1. The van der Waals surface area contributed by atoms with Crippen LogP contribution in [0.5, 0.6) is 0 Å². The quantitative estimate of drug-likeness (QED) is 0.622. The average Bonchev–Trinajstić information content (AvgIpc) is 3.46. The summed E-state index contributed by atoms with van der Waals surface area (Å²) < 4.78 is 11.7. The van der Waals surface area contributed by atoms with Gasteiger partial charge in [0.05, 0.1) is 13.2 Å². The number of amides is 1. The summed E-state index contributed by atoms with van der Waals surface area (Å²) in [7, 11) is 0. The summed E-state index contributed by atoms with van der Waals surface area (Å²) >= 11 is 0. The van der Waals surface area contributed by atoms with Crippen molar-refractivity contribution in [1.29, 1.82) is 0 Å². The fraction of sp³-hybridized carbons (Fsp3) is 0.444. The molecule has 0 saturated carbocycles. The molecule has 2 fully saturated rings. The summed E-state index contributed by atoms with van der Waals surface area (Å²) in [5.74, 6) is -0.246. The number of piperidine rings is 1. The number of nitrogens with one attached hydrogen (secondary N) is 1. The van der Waals surface area contributed by atoms with E-state index in [4.69, 9.17) is 9.47 Å². The van der Waals surface area contributed by atoms with Gasteiger partial charge in [-0.15, -0.1) is 0 Å². The van der Waals surface area contributed by atoms with Crippen LogP contribution in [-0.2, 0) is 20.7 Å². The minimum Gasteiger partial charge on any atom is -0.361 e. The minimum absolute atomic E-state index is 0.0128. The van der Waals surface area contributed by atoms with Gasteiger partial charge in [-0.25, -0.2) is 0 Å². The van der Waals surface area contributed by atoms with Gasteiger partial charge in [0.15, 0.2) is 5.79 Å². The summed E-state index contributed by atoms with van der Waals surface area (Å²) in [6.07, 6.45) is 5.04. The normalized spacial score (nSPS) is 19.0. The van der Waals surface area contributed by atoms with Crippen LogP contribution in [0.2, 0.25) is 0 Å². The van der Waals surface area contributed by atoms with Crippen molar-refractivity contribution in [3.05, 3.63) is 70.9 Å². The lowest BCUT2D eigenvalue weighted by atomic mass is 9.86. The molecule has 2 aromatic carbocycles. The van der Waals surface area contributed by atoms with Gasteiger partial charge in [-0.2, -0.15) is 0 Å². The predicted molar refractivity (Wildman–Crippen MR) is 126 cm³/mol. The van der Waals surface area contributed by atoms with Crippen LogP contribution in [-0.4, -0.2) is 47.9 Å². The molecule has 3 heterocycles. The van der Waals surface area contributed by atoms with E-state index in [1.165, 1.54) is 33.2 Å². The molecule has 2 saturated heterocycles. The Morgan fingerprint density at radius 1 is 1.09 bits per heavy atom. The van der Waals surface area contributed by atoms with E-state index < -0.39 is 5.79 Å². The van der Waals surface area contributed by atoms with Gasteiger partial charge in [-0.1, -0.05) is 55.0 Å². The molecular weight excluding hydrogens is 400 g/mol. The Hall–Kier alpha value is -2.63. The van der Waals surface area contributed by atoms with Gasteiger partial charge >= 0.3 is 0 Å². The van der Waals surface area contributed by atoms with Gasteiger partial charge < -0.3 is 19.4 Å². The van der Waals surface area contributed by atoms with Crippen LogP contribution in [0, 0.1) is 6.92 Å². The first-order valence-electron chi connectivity index (χ1n) is 11.8. The van der Waals surface area contributed by atoms with Crippen molar-refractivity contribution in [2.24, 2.45) is 0 Å². The minimum atomic E-state index is -0.458. The Bertz CT molecular complexity index is 1090. The van der Waals surface area contributed by atoms with Crippen LogP contribution in [0.4, 0.5) is 0 Å². The number of aromatic amines is 1. The lowest BCUT2D eigenvalue weighted by Crippen LogP contribution is -2.47. The lowest BCUT2D eigenvalue weighted by Gasteiger charge is -2.38.